The van der Waals surface area contributed by atoms with Crippen LogP contribution < -0.4 is 9.64 Å². The summed E-state index contributed by atoms with van der Waals surface area (Å²) in [5, 5.41) is 0.514. The molecule has 5 rings (SSSR count). The second kappa shape index (κ2) is 6.64. The quantitative estimate of drug-likeness (QED) is 0.542. The minimum atomic E-state index is -0.961. The van der Waals surface area contributed by atoms with Crippen LogP contribution in [0.2, 0.25) is 5.02 Å². The van der Waals surface area contributed by atoms with Crippen molar-refractivity contribution in [1.82, 2.24) is 4.90 Å². The third-order valence-electron chi connectivity index (χ3n) is 5.66. The monoisotopic (exact) mass is 422 g/mol. The molecule has 0 N–H and O–H groups in total. The molecule has 2 aliphatic rings. The summed E-state index contributed by atoms with van der Waals surface area (Å²) in [5.41, 5.74) is 1.47. The zero-order valence-electron chi connectivity index (χ0n) is 16.5. The largest absolute Gasteiger partial charge is 0.467 e. The highest BCUT2D eigenvalue weighted by Gasteiger charge is 2.55. The molecular formula is C23H19ClN2O4. The molecule has 0 unspecified atom stereocenters. The zero-order valence-corrected chi connectivity index (χ0v) is 17.2. The summed E-state index contributed by atoms with van der Waals surface area (Å²) < 4.78 is 11.6. The van der Waals surface area contributed by atoms with Crippen molar-refractivity contribution < 1.29 is 18.7 Å². The van der Waals surface area contributed by atoms with E-state index in [0.29, 0.717) is 28.4 Å². The Hall–Kier alpha value is -3.25. The number of rotatable bonds is 2. The van der Waals surface area contributed by atoms with Crippen LogP contribution in [0.1, 0.15) is 41.1 Å². The molecule has 2 aliphatic heterocycles. The molecule has 0 saturated carbocycles. The highest BCUT2D eigenvalue weighted by atomic mass is 35.5. The number of fused-ring (bicyclic) bond motifs is 4. The number of anilines is 1. The molecule has 1 aromatic heterocycles. The lowest BCUT2D eigenvalue weighted by Crippen LogP contribution is -2.67. The van der Waals surface area contributed by atoms with Gasteiger partial charge in [-0.3, -0.25) is 9.69 Å². The first-order chi connectivity index (χ1) is 14.4. The van der Waals surface area contributed by atoms with E-state index in [4.69, 9.17) is 20.8 Å². The van der Waals surface area contributed by atoms with Crippen LogP contribution in [-0.4, -0.2) is 22.6 Å². The van der Waals surface area contributed by atoms with Crippen molar-refractivity contribution in [3.05, 3.63) is 82.8 Å². The van der Waals surface area contributed by atoms with E-state index in [2.05, 4.69) is 0 Å². The second-order valence-electron chi connectivity index (χ2n) is 7.79. The maximum atomic E-state index is 13.7. The van der Waals surface area contributed by atoms with Crippen molar-refractivity contribution >= 4 is 29.2 Å². The fourth-order valence-electron chi connectivity index (χ4n) is 4.26. The van der Waals surface area contributed by atoms with Crippen molar-refractivity contribution in [3.8, 4) is 5.75 Å². The Morgan fingerprint density at radius 1 is 1.17 bits per heavy atom. The van der Waals surface area contributed by atoms with Crippen molar-refractivity contribution in [2.24, 2.45) is 0 Å². The smallest absolute Gasteiger partial charge is 0.335 e. The van der Waals surface area contributed by atoms with Gasteiger partial charge in [0.25, 0.3) is 5.91 Å². The van der Waals surface area contributed by atoms with Crippen LogP contribution in [0.15, 0.2) is 65.3 Å². The van der Waals surface area contributed by atoms with Crippen LogP contribution in [0, 0.1) is 6.92 Å². The molecular weight excluding hydrogens is 404 g/mol. The van der Waals surface area contributed by atoms with E-state index in [1.165, 1.54) is 11.2 Å². The van der Waals surface area contributed by atoms with E-state index in [-0.39, 0.29) is 5.76 Å². The van der Waals surface area contributed by atoms with Gasteiger partial charge in [-0.1, -0.05) is 29.3 Å². The van der Waals surface area contributed by atoms with Gasteiger partial charge in [0.15, 0.2) is 11.5 Å². The Labute approximate surface area is 178 Å². The minimum absolute atomic E-state index is 0.103. The summed E-state index contributed by atoms with van der Waals surface area (Å²) in [6, 6.07) is 15.0. The lowest BCUT2D eigenvalue weighted by molar-refractivity contribution is 0.00174. The van der Waals surface area contributed by atoms with Crippen LogP contribution >= 0.6 is 11.6 Å². The molecule has 3 aromatic rings. The molecule has 30 heavy (non-hydrogen) atoms. The first-order valence-corrected chi connectivity index (χ1v) is 10.0. The van der Waals surface area contributed by atoms with Crippen molar-refractivity contribution in [2.45, 2.75) is 32.0 Å². The van der Waals surface area contributed by atoms with Crippen molar-refractivity contribution in [2.75, 3.05) is 4.90 Å². The lowest BCUT2D eigenvalue weighted by atomic mass is 9.88. The van der Waals surface area contributed by atoms with Gasteiger partial charge in [-0.05, 0) is 56.3 Å². The molecule has 0 spiro atoms. The molecule has 3 amide bonds. The summed E-state index contributed by atoms with van der Waals surface area (Å²) in [7, 11) is 0. The van der Waals surface area contributed by atoms with E-state index in [0.717, 1.165) is 5.56 Å². The number of hydrogen-bond acceptors (Lipinski definition) is 4. The highest BCUT2D eigenvalue weighted by Crippen LogP contribution is 2.50. The number of benzene rings is 2. The molecule has 0 radical (unpaired) electrons. The average Bonchev–Trinajstić information content (AvgIpc) is 3.24. The molecule has 6 nitrogen and oxygen atoms in total. The van der Waals surface area contributed by atoms with Gasteiger partial charge in [-0.15, -0.1) is 0 Å². The highest BCUT2D eigenvalue weighted by molar-refractivity contribution is 6.30. The number of furan rings is 1. The van der Waals surface area contributed by atoms with Crippen molar-refractivity contribution in [3.63, 3.8) is 0 Å². The van der Waals surface area contributed by atoms with E-state index < -0.39 is 23.7 Å². The molecule has 0 aliphatic carbocycles. The third kappa shape index (κ3) is 2.79. The third-order valence-corrected chi connectivity index (χ3v) is 5.89. The maximum Gasteiger partial charge on any atom is 0.335 e. The summed E-state index contributed by atoms with van der Waals surface area (Å²) in [4.78, 5) is 29.8. The number of urea groups is 1. The fraction of sp³-hybridized carbons (Fsp3) is 0.217. The van der Waals surface area contributed by atoms with Gasteiger partial charge in [-0.2, -0.15) is 0 Å². The molecule has 3 heterocycles. The van der Waals surface area contributed by atoms with Gasteiger partial charge in [0.05, 0.1) is 12.3 Å². The molecule has 2 bridgehead atoms. The standard InChI is InChI=1S/C23H19ClN2O4/c1-14-5-8-16(9-6-14)26-22(28)25(21(27)20-4-3-11-29-20)18-13-23(26,2)30-19-10-7-15(24)12-17(18)19/h3-12,18H,13H2,1-2H3/t18-,23-/m1/s1. The number of carbonyl (C=O) groups excluding carboxylic acids is 2. The predicted octanol–water partition coefficient (Wildman–Crippen LogP) is 5.56. The molecule has 7 heteroatoms. The van der Waals surface area contributed by atoms with Crippen LogP contribution in [0.5, 0.6) is 5.75 Å². The normalized spacial score (nSPS) is 22.5. The number of amides is 3. The first-order valence-electron chi connectivity index (χ1n) is 9.64. The summed E-state index contributed by atoms with van der Waals surface area (Å²) in [5.74, 6) is 0.202. The van der Waals surface area contributed by atoms with Gasteiger partial charge < -0.3 is 9.15 Å². The van der Waals surface area contributed by atoms with Crippen LogP contribution in [0.25, 0.3) is 0 Å². The van der Waals surface area contributed by atoms with Crippen LogP contribution in [0.3, 0.4) is 0 Å². The predicted molar refractivity (Wildman–Crippen MR) is 112 cm³/mol. The van der Waals surface area contributed by atoms with Crippen LogP contribution in [-0.2, 0) is 0 Å². The summed E-state index contributed by atoms with van der Waals surface area (Å²) in [6.45, 7) is 3.84. The molecule has 1 fully saturated rings. The molecule has 2 aromatic carbocycles. The van der Waals surface area contributed by atoms with Gasteiger partial charge in [0.1, 0.15) is 5.75 Å². The number of ether oxygens (including phenoxy) is 1. The zero-order chi connectivity index (χ0) is 21.0. The molecule has 1 saturated heterocycles. The number of carbonyl (C=O) groups is 2. The minimum Gasteiger partial charge on any atom is -0.467 e. The second-order valence-corrected chi connectivity index (χ2v) is 8.22. The number of hydrogen-bond donors (Lipinski definition) is 0. The Balaban J connectivity index is 1.69. The van der Waals surface area contributed by atoms with Gasteiger partial charge >= 0.3 is 6.03 Å². The molecule has 152 valence electrons. The fourth-order valence-corrected chi connectivity index (χ4v) is 4.44. The van der Waals surface area contributed by atoms with Gasteiger partial charge in [-0.25, -0.2) is 9.69 Å². The number of aryl methyl sites for hydroxylation is 1. The first kappa shape index (κ1) is 18.8. The Morgan fingerprint density at radius 3 is 2.63 bits per heavy atom. The number of nitrogens with zero attached hydrogens (tertiary/aromatic N) is 2. The van der Waals surface area contributed by atoms with Crippen LogP contribution in [0.4, 0.5) is 10.5 Å². The number of halogens is 1. The Bertz CT molecular complexity index is 1140. The Morgan fingerprint density at radius 2 is 1.93 bits per heavy atom. The van der Waals surface area contributed by atoms with Crippen molar-refractivity contribution in [1.29, 1.82) is 0 Å². The topological polar surface area (TPSA) is 63.0 Å². The van der Waals surface area contributed by atoms with E-state index >= 15 is 0 Å². The van der Waals surface area contributed by atoms with E-state index in [1.54, 1.807) is 35.2 Å². The van der Waals surface area contributed by atoms with Gasteiger partial charge in [0.2, 0.25) is 0 Å². The Kier molecular flexibility index (Phi) is 4.15. The summed E-state index contributed by atoms with van der Waals surface area (Å²) >= 11 is 6.22. The number of imide groups is 1. The summed E-state index contributed by atoms with van der Waals surface area (Å²) in [6.07, 6.45) is 1.81. The average molecular weight is 423 g/mol. The van der Waals surface area contributed by atoms with Gasteiger partial charge in [0, 0.05) is 22.7 Å². The molecule has 2 atom stereocenters. The van der Waals surface area contributed by atoms with E-state index in [9.17, 15) is 9.59 Å². The lowest BCUT2D eigenvalue weighted by Gasteiger charge is -2.53. The van der Waals surface area contributed by atoms with E-state index in [1.807, 2.05) is 38.1 Å². The maximum absolute atomic E-state index is 13.7. The SMILES string of the molecule is Cc1ccc(N2C(=O)N(C(=O)c3ccco3)[C@@H]3C[C@@]2(C)Oc2ccc(Cl)cc23)cc1.